The molecular formula is C13H21N7. The van der Waals surface area contributed by atoms with Crippen LogP contribution in [-0.2, 0) is 13.6 Å². The van der Waals surface area contributed by atoms with Gasteiger partial charge in [-0.2, -0.15) is 5.10 Å². The Hall–Kier alpha value is -1.73. The van der Waals surface area contributed by atoms with Gasteiger partial charge >= 0.3 is 0 Å². The van der Waals surface area contributed by atoms with Crippen LogP contribution in [0.3, 0.4) is 0 Å². The summed E-state index contributed by atoms with van der Waals surface area (Å²) in [6.45, 7) is 5.07. The monoisotopic (exact) mass is 275 g/mol. The van der Waals surface area contributed by atoms with Gasteiger partial charge < -0.3 is 5.43 Å². The van der Waals surface area contributed by atoms with E-state index in [1.807, 2.05) is 7.05 Å². The van der Waals surface area contributed by atoms with E-state index in [1.54, 1.807) is 10.9 Å². The van der Waals surface area contributed by atoms with Gasteiger partial charge in [-0.25, -0.2) is 15.8 Å². The maximum atomic E-state index is 5.56. The average Bonchev–Trinajstić information content (AvgIpc) is 3.20. The Morgan fingerprint density at radius 2 is 2.25 bits per heavy atom. The van der Waals surface area contributed by atoms with E-state index in [0.717, 1.165) is 42.4 Å². The number of nitrogen functional groups attached to an aromatic ring is 1. The number of aryl methyl sites for hydroxylation is 1. The molecule has 1 fully saturated rings. The van der Waals surface area contributed by atoms with Gasteiger partial charge in [-0.3, -0.25) is 9.58 Å². The van der Waals surface area contributed by atoms with Gasteiger partial charge in [-0.1, -0.05) is 6.92 Å². The molecule has 1 aliphatic carbocycles. The molecule has 7 nitrogen and oxygen atoms in total. The van der Waals surface area contributed by atoms with Crippen molar-refractivity contribution in [1.29, 1.82) is 0 Å². The van der Waals surface area contributed by atoms with Crippen molar-refractivity contribution in [1.82, 2.24) is 24.6 Å². The lowest BCUT2D eigenvalue weighted by Crippen LogP contribution is -2.26. The van der Waals surface area contributed by atoms with Crippen LogP contribution >= 0.6 is 0 Å². The lowest BCUT2D eigenvalue weighted by molar-refractivity contribution is 0.262. The SMILES string of the molecule is CCN(Cc1nc(NN)c2cnn(C)c2n1)CC1CC1. The van der Waals surface area contributed by atoms with E-state index in [2.05, 4.69) is 32.3 Å². The highest BCUT2D eigenvalue weighted by atomic mass is 15.3. The number of aromatic nitrogens is 4. The topological polar surface area (TPSA) is 84.9 Å². The molecule has 0 aliphatic heterocycles. The summed E-state index contributed by atoms with van der Waals surface area (Å²) in [5.74, 6) is 7.85. The summed E-state index contributed by atoms with van der Waals surface area (Å²) in [6, 6.07) is 0. The highest BCUT2D eigenvalue weighted by Gasteiger charge is 2.24. The number of hydrogen-bond donors (Lipinski definition) is 2. The molecular weight excluding hydrogens is 254 g/mol. The highest BCUT2D eigenvalue weighted by molar-refractivity contribution is 5.86. The van der Waals surface area contributed by atoms with E-state index >= 15 is 0 Å². The molecule has 2 aromatic rings. The van der Waals surface area contributed by atoms with Gasteiger partial charge in [0, 0.05) is 13.6 Å². The Morgan fingerprint density at radius 1 is 1.45 bits per heavy atom. The minimum Gasteiger partial charge on any atom is -0.308 e. The molecule has 0 saturated heterocycles. The number of rotatable bonds is 6. The van der Waals surface area contributed by atoms with E-state index in [4.69, 9.17) is 5.84 Å². The summed E-state index contributed by atoms with van der Waals surface area (Å²) < 4.78 is 1.75. The molecule has 0 amide bonds. The first-order valence-corrected chi connectivity index (χ1v) is 7.08. The Bertz CT molecular complexity index is 602. The van der Waals surface area contributed by atoms with E-state index in [1.165, 1.54) is 12.8 Å². The summed E-state index contributed by atoms with van der Waals surface area (Å²) in [6.07, 6.45) is 4.44. The molecule has 3 rings (SSSR count). The first-order valence-electron chi connectivity index (χ1n) is 7.08. The normalized spacial score (nSPS) is 15.2. The third kappa shape index (κ3) is 2.59. The molecule has 0 radical (unpaired) electrons. The molecule has 108 valence electrons. The quantitative estimate of drug-likeness (QED) is 0.601. The fourth-order valence-corrected chi connectivity index (χ4v) is 2.42. The largest absolute Gasteiger partial charge is 0.308 e. The van der Waals surface area contributed by atoms with Crippen LogP contribution in [0.15, 0.2) is 6.20 Å². The van der Waals surface area contributed by atoms with E-state index in [-0.39, 0.29) is 0 Å². The highest BCUT2D eigenvalue weighted by Crippen LogP contribution is 2.30. The number of nitrogens with two attached hydrogens (primary N) is 1. The van der Waals surface area contributed by atoms with Crippen molar-refractivity contribution >= 4 is 16.9 Å². The van der Waals surface area contributed by atoms with Crippen LogP contribution in [0.4, 0.5) is 5.82 Å². The van der Waals surface area contributed by atoms with Crippen molar-refractivity contribution in [3.05, 3.63) is 12.0 Å². The van der Waals surface area contributed by atoms with Gasteiger partial charge in [0.25, 0.3) is 0 Å². The molecule has 20 heavy (non-hydrogen) atoms. The zero-order valence-corrected chi connectivity index (χ0v) is 12.0. The van der Waals surface area contributed by atoms with Crippen LogP contribution < -0.4 is 11.3 Å². The lowest BCUT2D eigenvalue weighted by atomic mass is 10.3. The molecule has 0 atom stereocenters. The standard InChI is InChI=1S/C13H21N7/c1-3-20(7-9-4-5-9)8-11-16-12(18-14)10-6-15-19(2)13(10)17-11/h6,9H,3-5,7-8,14H2,1-2H3,(H,16,17,18). The second kappa shape index (κ2) is 5.34. The van der Waals surface area contributed by atoms with Crippen LogP contribution in [0.2, 0.25) is 0 Å². The van der Waals surface area contributed by atoms with Crippen LogP contribution in [0.5, 0.6) is 0 Å². The summed E-state index contributed by atoms with van der Waals surface area (Å²) >= 11 is 0. The maximum Gasteiger partial charge on any atom is 0.163 e. The molecule has 0 aromatic carbocycles. The van der Waals surface area contributed by atoms with Gasteiger partial charge in [-0.15, -0.1) is 0 Å². The van der Waals surface area contributed by atoms with Crippen molar-refractivity contribution in [3.8, 4) is 0 Å². The first kappa shape index (κ1) is 13.3. The number of nitrogens with one attached hydrogen (secondary N) is 1. The van der Waals surface area contributed by atoms with Crippen LogP contribution in [0.25, 0.3) is 11.0 Å². The predicted octanol–water partition coefficient (Wildman–Crippen LogP) is 0.881. The van der Waals surface area contributed by atoms with Crippen molar-refractivity contribution in [2.24, 2.45) is 18.8 Å². The molecule has 0 bridgehead atoms. The average molecular weight is 275 g/mol. The third-order valence-corrected chi connectivity index (χ3v) is 3.80. The van der Waals surface area contributed by atoms with E-state index in [9.17, 15) is 0 Å². The van der Waals surface area contributed by atoms with Gasteiger partial charge in [0.05, 0.1) is 18.1 Å². The number of nitrogens with zero attached hydrogens (tertiary/aromatic N) is 5. The van der Waals surface area contributed by atoms with Crippen LogP contribution in [0.1, 0.15) is 25.6 Å². The summed E-state index contributed by atoms with van der Waals surface area (Å²) in [5, 5.41) is 5.06. The van der Waals surface area contributed by atoms with Crippen LogP contribution in [0, 0.1) is 5.92 Å². The maximum absolute atomic E-state index is 5.56. The van der Waals surface area contributed by atoms with Crippen molar-refractivity contribution < 1.29 is 0 Å². The zero-order valence-electron chi connectivity index (χ0n) is 12.0. The van der Waals surface area contributed by atoms with Gasteiger partial charge in [0.15, 0.2) is 11.5 Å². The van der Waals surface area contributed by atoms with Crippen molar-refractivity contribution in [2.75, 3.05) is 18.5 Å². The molecule has 2 aromatic heterocycles. The van der Waals surface area contributed by atoms with Crippen molar-refractivity contribution in [3.63, 3.8) is 0 Å². The first-order chi connectivity index (χ1) is 9.71. The van der Waals surface area contributed by atoms with Crippen LogP contribution in [-0.4, -0.2) is 37.7 Å². The minimum absolute atomic E-state index is 0.639. The van der Waals surface area contributed by atoms with Gasteiger partial charge in [0.1, 0.15) is 5.82 Å². The smallest absolute Gasteiger partial charge is 0.163 e. The number of anilines is 1. The Morgan fingerprint density at radius 3 is 2.90 bits per heavy atom. The van der Waals surface area contributed by atoms with Gasteiger partial charge in [0.2, 0.25) is 0 Å². The zero-order chi connectivity index (χ0) is 14.1. The lowest BCUT2D eigenvalue weighted by Gasteiger charge is -2.19. The molecule has 0 spiro atoms. The fourth-order valence-electron chi connectivity index (χ4n) is 2.42. The molecule has 3 N–H and O–H groups in total. The van der Waals surface area contributed by atoms with E-state index < -0.39 is 0 Å². The Labute approximate surface area is 118 Å². The van der Waals surface area contributed by atoms with E-state index in [0.29, 0.717) is 5.82 Å². The predicted molar refractivity (Wildman–Crippen MR) is 77.8 cm³/mol. The summed E-state index contributed by atoms with van der Waals surface area (Å²) in [7, 11) is 1.88. The second-order valence-electron chi connectivity index (χ2n) is 5.41. The fraction of sp³-hybridized carbons (Fsp3) is 0.615. The molecule has 1 saturated carbocycles. The Balaban J connectivity index is 1.87. The Kier molecular flexibility index (Phi) is 3.54. The number of hydrazine groups is 1. The summed E-state index contributed by atoms with van der Waals surface area (Å²) in [5.41, 5.74) is 3.46. The third-order valence-electron chi connectivity index (χ3n) is 3.80. The van der Waals surface area contributed by atoms with Gasteiger partial charge in [-0.05, 0) is 25.3 Å². The number of hydrogen-bond acceptors (Lipinski definition) is 6. The molecule has 7 heteroatoms. The molecule has 2 heterocycles. The second-order valence-corrected chi connectivity index (χ2v) is 5.41. The molecule has 0 unspecified atom stereocenters. The molecule has 1 aliphatic rings. The minimum atomic E-state index is 0.639. The summed E-state index contributed by atoms with van der Waals surface area (Å²) in [4.78, 5) is 11.5. The number of fused-ring (bicyclic) bond motifs is 1. The van der Waals surface area contributed by atoms with Crippen molar-refractivity contribution in [2.45, 2.75) is 26.3 Å².